The predicted molar refractivity (Wildman–Crippen MR) is 98.7 cm³/mol. The number of methoxy groups -OCH3 is 1. The number of rotatable bonds is 3. The van der Waals surface area contributed by atoms with E-state index < -0.39 is 0 Å². The van der Waals surface area contributed by atoms with Gasteiger partial charge in [-0.2, -0.15) is 0 Å². The molecule has 3 aromatic rings. The monoisotopic (exact) mass is 319 g/mol. The Hall–Kier alpha value is -2.81. The highest BCUT2D eigenvalue weighted by Gasteiger charge is 2.18. The predicted octanol–water partition coefficient (Wildman–Crippen LogP) is 4.53. The summed E-state index contributed by atoms with van der Waals surface area (Å²) >= 11 is 0. The molecule has 0 heterocycles. The van der Waals surface area contributed by atoms with Gasteiger partial charge < -0.3 is 9.64 Å². The third kappa shape index (κ3) is 2.85. The Kier molecular flexibility index (Phi) is 4.26. The maximum absolute atomic E-state index is 12.6. The zero-order chi connectivity index (χ0) is 17.3. The molecule has 0 bridgehead atoms. The Morgan fingerprint density at radius 3 is 2.21 bits per heavy atom. The molecule has 3 rings (SSSR count). The zero-order valence-corrected chi connectivity index (χ0v) is 14.5. The van der Waals surface area contributed by atoms with E-state index in [4.69, 9.17) is 4.74 Å². The van der Waals surface area contributed by atoms with Gasteiger partial charge in [-0.3, -0.25) is 4.79 Å². The molecule has 0 aliphatic carbocycles. The molecule has 0 N–H and O–H groups in total. The van der Waals surface area contributed by atoms with E-state index in [1.54, 1.807) is 26.1 Å². The number of fused-ring (bicyclic) bond motifs is 1. The first-order valence-corrected chi connectivity index (χ1v) is 7.90. The second-order valence-corrected chi connectivity index (χ2v) is 6.14. The Morgan fingerprint density at radius 1 is 0.917 bits per heavy atom. The van der Waals surface area contributed by atoms with E-state index in [0.29, 0.717) is 11.3 Å². The van der Waals surface area contributed by atoms with E-state index in [-0.39, 0.29) is 5.91 Å². The normalized spacial score (nSPS) is 10.7. The van der Waals surface area contributed by atoms with Crippen molar-refractivity contribution in [2.75, 3.05) is 21.2 Å². The molecule has 0 atom stereocenters. The van der Waals surface area contributed by atoms with Crippen molar-refractivity contribution in [3.05, 3.63) is 65.7 Å². The molecule has 0 aliphatic rings. The van der Waals surface area contributed by atoms with Crippen molar-refractivity contribution in [2.45, 2.75) is 6.92 Å². The van der Waals surface area contributed by atoms with Gasteiger partial charge in [0.25, 0.3) is 5.91 Å². The van der Waals surface area contributed by atoms with Crippen LogP contribution in [0.5, 0.6) is 5.75 Å². The van der Waals surface area contributed by atoms with Crippen molar-refractivity contribution >= 4 is 16.7 Å². The Balaban J connectivity index is 2.18. The minimum atomic E-state index is -0.0551. The van der Waals surface area contributed by atoms with Crippen molar-refractivity contribution in [3.8, 4) is 16.9 Å². The minimum Gasteiger partial charge on any atom is -0.496 e. The number of hydrogen-bond acceptors (Lipinski definition) is 2. The van der Waals surface area contributed by atoms with Crippen LogP contribution in [0.1, 0.15) is 15.9 Å². The van der Waals surface area contributed by atoms with Gasteiger partial charge in [0.15, 0.2) is 0 Å². The molecule has 3 heteroatoms. The van der Waals surface area contributed by atoms with Gasteiger partial charge >= 0.3 is 0 Å². The van der Waals surface area contributed by atoms with E-state index >= 15 is 0 Å². The Labute approximate surface area is 142 Å². The molecule has 3 nitrogen and oxygen atoms in total. The van der Waals surface area contributed by atoms with Gasteiger partial charge in [0.05, 0.1) is 12.7 Å². The molecular formula is C21H21NO2. The van der Waals surface area contributed by atoms with Gasteiger partial charge in [-0.05, 0) is 41.0 Å². The number of hydrogen-bond donors (Lipinski definition) is 0. The first kappa shape index (κ1) is 16.1. The van der Waals surface area contributed by atoms with Crippen molar-refractivity contribution in [3.63, 3.8) is 0 Å². The minimum absolute atomic E-state index is 0.0551. The number of amides is 1. The smallest absolute Gasteiger partial charge is 0.257 e. The first-order chi connectivity index (χ1) is 11.5. The van der Waals surface area contributed by atoms with Crippen LogP contribution in [0.4, 0.5) is 0 Å². The molecule has 0 fully saturated rings. The van der Waals surface area contributed by atoms with Gasteiger partial charge in [0, 0.05) is 14.1 Å². The molecular weight excluding hydrogens is 298 g/mol. The number of nitrogens with zero attached hydrogens (tertiary/aromatic N) is 1. The Bertz CT molecular complexity index is 896. The summed E-state index contributed by atoms with van der Waals surface area (Å²) in [5.41, 5.74) is 4.15. The molecule has 0 saturated carbocycles. The number of carbonyl (C=O) groups excluding carboxylic acids is 1. The standard InChI is InChI=1S/C21H21NO2/c1-14-5-7-15(8-6-14)16-9-11-18-17(13-16)10-12-19(24-4)20(18)21(23)22(2)3/h5-13H,1-4H3. The molecule has 1 amide bonds. The highest BCUT2D eigenvalue weighted by atomic mass is 16.5. The Morgan fingerprint density at radius 2 is 1.58 bits per heavy atom. The largest absolute Gasteiger partial charge is 0.496 e. The van der Waals surface area contributed by atoms with Crippen LogP contribution < -0.4 is 4.74 Å². The lowest BCUT2D eigenvalue weighted by atomic mass is 9.97. The first-order valence-electron chi connectivity index (χ1n) is 7.90. The highest BCUT2D eigenvalue weighted by molar-refractivity contribution is 6.10. The summed E-state index contributed by atoms with van der Waals surface area (Å²) in [6, 6.07) is 18.5. The van der Waals surface area contributed by atoms with Gasteiger partial charge in [0.1, 0.15) is 5.75 Å². The zero-order valence-electron chi connectivity index (χ0n) is 14.5. The molecule has 0 aromatic heterocycles. The number of benzene rings is 3. The molecule has 0 saturated heterocycles. The van der Waals surface area contributed by atoms with Crippen molar-refractivity contribution in [1.29, 1.82) is 0 Å². The van der Waals surface area contributed by atoms with Crippen LogP contribution in [0.25, 0.3) is 21.9 Å². The average Bonchev–Trinajstić information content (AvgIpc) is 2.60. The van der Waals surface area contributed by atoms with Crippen LogP contribution in [0.2, 0.25) is 0 Å². The average molecular weight is 319 g/mol. The van der Waals surface area contributed by atoms with E-state index in [0.717, 1.165) is 16.3 Å². The molecule has 3 aromatic carbocycles. The van der Waals surface area contributed by atoms with Gasteiger partial charge in [-0.1, -0.05) is 48.0 Å². The highest BCUT2D eigenvalue weighted by Crippen LogP contribution is 2.32. The number of carbonyl (C=O) groups is 1. The summed E-state index contributed by atoms with van der Waals surface area (Å²) in [6.45, 7) is 2.08. The molecule has 122 valence electrons. The summed E-state index contributed by atoms with van der Waals surface area (Å²) in [7, 11) is 5.09. The number of aryl methyl sites for hydroxylation is 1. The molecule has 24 heavy (non-hydrogen) atoms. The van der Waals surface area contributed by atoms with Crippen molar-refractivity contribution in [2.24, 2.45) is 0 Å². The lowest BCUT2D eigenvalue weighted by Crippen LogP contribution is -2.22. The van der Waals surface area contributed by atoms with Gasteiger partial charge in [-0.25, -0.2) is 0 Å². The second-order valence-electron chi connectivity index (χ2n) is 6.14. The van der Waals surface area contributed by atoms with Crippen LogP contribution in [-0.2, 0) is 0 Å². The third-order valence-corrected chi connectivity index (χ3v) is 4.21. The molecule has 0 aliphatic heterocycles. The van der Waals surface area contributed by atoms with E-state index in [1.165, 1.54) is 11.1 Å². The van der Waals surface area contributed by atoms with Crippen LogP contribution >= 0.6 is 0 Å². The molecule has 0 radical (unpaired) electrons. The van der Waals surface area contributed by atoms with Crippen LogP contribution in [0.3, 0.4) is 0 Å². The van der Waals surface area contributed by atoms with E-state index in [9.17, 15) is 4.79 Å². The van der Waals surface area contributed by atoms with E-state index in [2.05, 4.69) is 43.3 Å². The lowest BCUT2D eigenvalue weighted by molar-refractivity contribution is 0.0826. The second kappa shape index (κ2) is 6.36. The molecule has 0 spiro atoms. The topological polar surface area (TPSA) is 29.5 Å². The molecule has 0 unspecified atom stereocenters. The van der Waals surface area contributed by atoms with Crippen LogP contribution in [-0.4, -0.2) is 32.0 Å². The quantitative estimate of drug-likeness (QED) is 0.710. The van der Waals surface area contributed by atoms with Crippen molar-refractivity contribution in [1.82, 2.24) is 4.90 Å². The summed E-state index contributed by atoms with van der Waals surface area (Å²) in [6.07, 6.45) is 0. The van der Waals surface area contributed by atoms with Crippen LogP contribution in [0.15, 0.2) is 54.6 Å². The van der Waals surface area contributed by atoms with Gasteiger partial charge in [-0.15, -0.1) is 0 Å². The SMILES string of the molecule is COc1ccc2cc(-c3ccc(C)cc3)ccc2c1C(=O)N(C)C. The van der Waals surface area contributed by atoms with Gasteiger partial charge in [0.2, 0.25) is 0 Å². The van der Waals surface area contributed by atoms with E-state index in [1.807, 2.05) is 18.2 Å². The summed E-state index contributed by atoms with van der Waals surface area (Å²) in [5, 5.41) is 1.93. The lowest BCUT2D eigenvalue weighted by Gasteiger charge is -2.16. The fraction of sp³-hybridized carbons (Fsp3) is 0.190. The maximum atomic E-state index is 12.6. The number of ether oxygens (including phenoxy) is 1. The third-order valence-electron chi connectivity index (χ3n) is 4.21. The fourth-order valence-corrected chi connectivity index (χ4v) is 2.85. The maximum Gasteiger partial charge on any atom is 0.257 e. The van der Waals surface area contributed by atoms with Crippen LogP contribution in [0, 0.1) is 6.92 Å². The summed E-state index contributed by atoms with van der Waals surface area (Å²) < 4.78 is 5.41. The fourth-order valence-electron chi connectivity index (χ4n) is 2.85. The summed E-state index contributed by atoms with van der Waals surface area (Å²) in [5.74, 6) is 0.546. The van der Waals surface area contributed by atoms with Crippen molar-refractivity contribution < 1.29 is 9.53 Å². The summed E-state index contributed by atoms with van der Waals surface area (Å²) in [4.78, 5) is 14.2.